The van der Waals surface area contributed by atoms with Gasteiger partial charge < -0.3 is 10.2 Å². The number of rotatable bonds is 1. The lowest BCUT2D eigenvalue weighted by molar-refractivity contribution is -0.0884. The van der Waals surface area contributed by atoms with Crippen molar-refractivity contribution < 1.29 is 10.2 Å². The van der Waals surface area contributed by atoms with Gasteiger partial charge in [-0.3, -0.25) is 0 Å². The minimum absolute atomic E-state index is 0.562. The van der Waals surface area contributed by atoms with Crippen LogP contribution in [0.2, 0.25) is 0 Å². The van der Waals surface area contributed by atoms with Crippen LogP contribution in [-0.4, -0.2) is 21.9 Å². The van der Waals surface area contributed by atoms with Crippen molar-refractivity contribution in [1.29, 1.82) is 0 Å². The van der Waals surface area contributed by atoms with Crippen LogP contribution >= 0.6 is 0 Å². The Balaban J connectivity index is 2.48. The summed E-state index contributed by atoms with van der Waals surface area (Å²) in [5, 5.41) is 18.9. The zero-order valence-electron chi connectivity index (χ0n) is 6.51. The summed E-state index contributed by atoms with van der Waals surface area (Å²) in [5.41, 5.74) is -0.766. The van der Waals surface area contributed by atoms with Crippen molar-refractivity contribution in [2.75, 3.05) is 0 Å². The second kappa shape index (κ2) is 2.89. The van der Waals surface area contributed by atoms with Crippen molar-refractivity contribution in [3.05, 3.63) is 0 Å². The van der Waals surface area contributed by atoms with Crippen LogP contribution < -0.4 is 0 Å². The normalized spacial score (nSPS) is 27.9. The predicted octanol–water partition coefficient (Wildman–Crippen LogP) is 1.06. The summed E-state index contributed by atoms with van der Waals surface area (Å²) >= 11 is 0. The van der Waals surface area contributed by atoms with Crippen molar-refractivity contribution in [1.82, 2.24) is 0 Å². The molecule has 1 atom stereocenters. The standard InChI is InChI=1S/C8H16O2/c1-7(9)8(10)5-3-2-4-6-8/h7,9-10H,2-6H2,1H3/t7-/m0/s1. The van der Waals surface area contributed by atoms with Crippen LogP contribution in [0, 0.1) is 0 Å². The molecule has 60 valence electrons. The van der Waals surface area contributed by atoms with E-state index in [0.29, 0.717) is 0 Å². The Morgan fingerprint density at radius 3 is 2.00 bits per heavy atom. The van der Waals surface area contributed by atoms with Gasteiger partial charge in [-0.1, -0.05) is 19.3 Å². The third kappa shape index (κ3) is 1.50. The number of hydrogen-bond acceptors (Lipinski definition) is 2. The summed E-state index contributed by atoms with van der Waals surface area (Å²) in [6.07, 6.45) is 4.29. The highest BCUT2D eigenvalue weighted by atomic mass is 16.3. The average Bonchev–Trinajstić information content (AvgIpc) is 1.89. The van der Waals surface area contributed by atoms with Crippen molar-refractivity contribution in [2.24, 2.45) is 0 Å². The summed E-state index contributed by atoms with van der Waals surface area (Å²) in [5.74, 6) is 0. The lowest BCUT2D eigenvalue weighted by atomic mass is 9.81. The van der Waals surface area contributed by atoms with E-state index < -0.39 is 11.7 Å². The fourth-order valence-corrected chi connectivity index (χ4v) is 1.58. The molecule has 0 heterocycles. The highest BCUT2D eigenvalue weighted by Gasteiger charge is 2.33. The molecule has 0 aromatic rings. The van der Waals surface area contributed by atoms with Crippen LogP contribution in [0.25, 0.3) is 0 Å². The molecule has 0 saturated heterocycles. The van der Waals surface area contributed by atoms with Gasteiger partial charge >= 0.3 is 0 Å². The third-order valence-corrected chi connectivity index (χ3v) is 2.50. The van der Waals surface area contributed by atoms with Crippen LogP contribution in [0.3, 0.4) is 0 Å². The smallest absolute Gasteiger partial charge is 0.0902 e. The molecule has 2 nitrogen and oxygen atoms in total. The van der Waals surface area contributed by atoms with Crippen molar-refractivity contribution in [3.63, 3.8) is 0 Å². The molecular formula is C8H16O2. The van der Waals surface area contributed by atoms with Crippen LogP contribution in [0.5, 0.6) is 0 Å². The minimum atomic E-state index is -0.766. The third-order valence-electron chi connectivity index (χ3n) is 2.50. The van der Waals surface area contributed by atoms with Crippen LogP contribution in [0.4, 0.5) is 0 Å². The van der Waals surface area contributed by atoms with Gasteiger partial charge in [-0.25, -0.2) is 0 Å². The van der Waals surface area contributed by atoms with Crippen LogP contribution in [-0.2, 0) is 0 Å². The van der Waals surface area contributed by atoms with Gasteiger partial charge in [0.15, 0.2) is 0 Å². The fourth-order valence-electron chi connectivity index (χ4n) is 1.58. The molecule has 1 rings (SSSR count). The number of aliphatic hydroxyl groups excluding tert-OH is 1. The first-order valence-corrected chi connectivity index (χ1v) is 4.05. The van der Waals surface area contributed by atoms with E-state index in [1.54, 1.807) is 6.92 Å². The second-order valence-corrected chi connectivity index (χ2v) is 3.34. The Hall–Kier alpha value is -0.0800. The Morgan fingerprint density at radius 2 is 1.70 bits per heavy atom. The Labute approximate surface area is 61.9 Å². The van der Waals surface area contributed by atoms with E-state index in [1.165, 1.54) is 6.42 Å². The second-order valence-electron chi connectivity index (χ2n) is 3.34. The van der Waals surface area contributed by atoms with Crippen molar-refractivity contribution in [3.8, 4) is 0 Å². The molecule has 0 spiro atoms. The van der Waals surface area contributed by atoms with E-state index in [9.17, 15) is 10.2 Å². The summed E-state index contributed by atoms with van der Waals surface area (Å²) in [6.45, 7) is 1.67. The molecule has 1 aliphatic carbocycles. The fraction of sp³-hybridized carbons (Fsp3) is 1.00. The lowest BCUT2D eigenvalue weighted by Crippen LogP contribution is -2.42. The largest absolute Gasteiger partial charge is 0.390 e. The highest BCUT2D eigenvalue weighted by Crippen LogP contribution is 2.30. The molecule has 0 bridgehead atoms. The van der Waals surface area contributed by atoms with Gasteiger partial charge in [0.25, 0.3) is 0 Å². The average molecular weight is 144 g/mol. The SMILES string of the molecule is C[C@H](O)C1(O)CCCCC1. The van der Waals surface area contributed by atoms with Crippen molar-refractivity contribution >= 4 is 0 Å². The van der Waals surface area contributed by atoms with Gasteiger partial charge in [-0.05, 0) is 19.8 Å². The Kier molecular flexibility index (Phi) is 2.32. The van der Waals surface area contributed by atoms with Gasteiger partial charge in [0.1, 0.15) is 0 Å². The first-order chi connectivity index (χ1) is 4.65. The van der Waals surface area contributed by atoms with Gasteiger partial charge in [0.05, 0.1) is 11.7 Å². The molecule has 2 N–H and O–H groups in total. The van der Waals surface area contributed by atoms with E-state index in [1.807, 2.05) is 0 Å². The Morgan fingerprint density at radius 1 is 1.20 bits per heavy atom. The van der Waals surface area contributed by atoms with Crippen LogP contribution in [0.1, 0.15) is 39.0 Å². The summed E-state index contributed by atoms with van der Waals surface area (Å²) in [4.78, 5) is 0. The first-order valence-electron chi connectivity index (χ1n) is 4.05. The molecular weight excluding hydrogens is 128 g/mol. The molecule has 0 aromatic heterocycles. The molecule has 0 aromatic carbocycles. The zero-order chi connectivity index (χ0) is 7.61. The molecule has 1 saturated carbocycles. The van der Waals surface area contributed by atoms with Gasteiger partial charge in [0.2, 0.25) is 0 Å². The molecule has 1 fully saturated rings. The first kappa shape index (κ1) is 8.02. The Bertz CT molecular complexity index is 104. The maximum Gasteiger partial charge on any atom is 0.0902 e. The van der Waals surface area contributed by atoms with E-state index in [0.717, 1.165) is 25.7 Å². The predicted molar refractivity (Wildman–Crippen MR) is 39.7 cm³/mol. The maximum atomic E-state index is 9.70. The van der Waals surface area contributed by atoms with Gasteiger partial charge in [0, 0.05) is 0 Å². The molecule has 0 unspecified atom stereocenters. The van der Waals surface area contributed by atoms with Gasteiger partial charge in [-0.2, -0.15) is 0 Å². The van der Waals surface area contributed by atoms with E-state index in [2.05, 4.69) is 0 Å². The molecule has 10 heavy (non-hydrogen) atoms. The molecule has 0 amide bonds. The summed E-state index contributed by atoms with van der Waals surface area (Å²) < 4.78 is 0. The zero-order valence-corrected chi connectivity index (χ0v) is 6.51. The van der Waals surface area contributed by atoms with Crippen molar-refractivity contribution in [2.45, 2.75) is 50.7 Å². The quantitative estimate of drug-likeness (QED) is 0.577. The molecule has 0 aliphatic heterocycles. The minimum Gasteiger partial charge on any atom is -0.390 e. The summed E-state index contributed by atoms with van der Waals surface area (Å²) in [7, 11) is 0. The number of hydrogen-bond donors (Lipinski definition) is 2. The van der Waals surface area contributed by atoms with E-state index in [4.69, 9.17) is 0 Å². The topological polar surface area (TPSA) is 40.5 Å². The summed E-state index contributed by atoms with van der Waals surface area (Å²) in [6, 6.07) is 0. The maximum absolute atomic E-state index is 9.70. The molecule has 0 radical (unpaired) electrons. The number of aliphatic hydroxyl groups is 2. The lowest BCUT2D eigenvalue weighted by Gasteiger charge is -2.34. The molecule has 2 heteroatoms. The van der Waals surface area contributed by atoms with E-state index >= 15 is 0 Å². The molecule has 1 aliphatic rings. The van der Waals surface area contributed by atoms with Gasteiger partial charge in [-0.15, -0.1) is 0 Å². The monoisotopic (exact) mass is 144 g/mol. The van der Waals surface area contributed by atoms with Crippen LogP contribution in [0.15, 0.2) is 0 Å². The highest BCUT2D eigenvalue weighted by molar-refractivity contribution is 4.86. The van der Waals surface area contributed by atoms with E-state index in [-0.39, 0.29) is 0 Å².